The summed E-state index contributed by atoms with van der Waals surface area (Å²) in [5, 5.41) is 27.5. The average Bonchev–Trinajstić information content (AvgIpc) is 2.56. The minimum Gasteiger partial charge on any atom is -0.385 e. The Labute approximate surface area is 160 Å². The summed E-state index contributed by atoms with van der Waals surface area (Å²) in [6, 6.07) is 0. The van der Waals surface area contributed by atoms with E-state index in [2.05, 4.69) is 6.92 Å². The van der Waals surface area contributed by atoms with E-state index in [-0.39, 0.29) is 11.4 Å². The fraction of sp³-hybridized carbons (Fsp3) is 0.905. The summed E-state index contributed by atoms with van der Waals surface area (Å²) in [5.74, 6) is -3.10. The third-order valence-electron chi connectivity index (χ3n) is 5.03. The molecule has 156 valence electrons. The molecule has 5 heteroatoms. The first-order chi connectivity index (χ1) is 12.4. The van der Waals surface area contributed by atoms with Crippen LogP contribution < -0.4 is 11.5 Å². The topological polar surface area (TPSA) is 113 Å². The molecule has 0 aromatic carbocycles. The zero-order valence-corrected chi connectivity index (χ0v) is 17.0. The van der Waals surface area contributed by atoms with Crippen LogP contribution >= 0.6 is 0 Å². The van der Waals surface area contributed by atoms with Crippen LogP contribution in [0.25, 0.3) is 0 Å². The van der Waals surface area contributed by atoms with Gasteiger partial charge in [0, 0.05) is 0 Å². The molecule has 0 unspecified atom stereocenters. The summed E-state index contributed by atoms with van der Waals surface area (Å²) in [5.41, 5.74) is 10.6. The van der Waals surface area contributed by atoms with Gasteiger partial charge in [-0.1, -0.05) is 103 Å². The Bertz CT molecular complexity index is 348. The number of nitrogens with two attached hydrogens (primary N) is 2. The Morgan fingerprint density at radius 1 is 0.577 bits per heavy atom. The molecule has 0 amide bonds. The molecule has 5 nitrogen and oxygen atoms in total. The largest absolute Gasteiger partial charge is 0.385 e. The van der Waals surface area contributed by atoms with Gasteiger partial charge in [0.25, 0.3) is 0 Å². The van der Waals surface area contributed by atoms with E-state index in [4.69, 9.17) is 26.8 Å². The van der Waals surface area contributed by atoms with E-state index >= 15 is 0 Å². The Kier molecular flexibility index (Phi) is 15.9. The van der Waals surface area contributed by atoms with Crippen molar-refractivity contribution in [2.24, 2.45) is 11.5 Å². The lowest BCUT2D eigenvalue weighted by atomic mass is 10.0. The molecule has 0 fully saturated rings. The molecule has 0 aromatic heterocycles. The van der Waals surface area contributed by atoms with Gasteiger partial charge < -0.3 is 26.8 Å². The highest BCUT2D eigenvalue weighted by Crippen LogP contribution is 2.20. The van der Waals surface area contributed by atoms with Crippen LogP contribution in [0, 0.1) is 0 Å². The Hall–Kier alpha value is -0.780. The van der Waals surface area contributed by atoms with Crippen molar-refractivity contribution in [1.82, 2.24) is 0 Å². The highest BCUT2D eigenvalue weighted by atomic mass is 16.7. The standard InChI is InChI=1S/C21H44N2O3/c1-2-3-4-5-6-7-8-9-10-11-12-13-14-15-16-17-18-19(20(22)23)21(24,25)26/h24-26H,2-18,22-23H2,1H3. The SMILES string of the molecule is CCCCCCCCCCCCCCCCCCC(=C(N)N)C(O)(O)O. The maximum Gasteiger partial charge on any atom is 0.304 e. The van der Waals surface area contributed by atoms with Gasteiger partial charge in [0.1, 0.15) is 5.82 Å². The van der Waals surface area contributed by atoms with Crippen LogP contribution in [0.5, 0.6) is 0 Å². The fourth-order valence-corrected chi connectivity index (χ4v) is 3.36. The lowest BCUT2D eigenvalue weighted by Crippen LogP contribution is -2.34. The Morgan fingerprint density at radius 2 is 0.885 bits per heavy atom. The van der Waals surface area contributed by atoms with Crippen molar-refractivity contribution in [2.45, 2.75) is 122 Å². The van der Waals surface area contributed by atoms with Crippen LogP contribution in [0.4, 0.5) is 0 Å². The van der Waals surface area contributed by atoms with Gasteiger partial charge in [0.2, 0.25) is 0 Å². The van der Waals surface area contributed by atoms with Crippen LogP contribution in [0.2, 0.25) is 0 Å². The smallest absolute Gasteiger partial charge is 0.304 e. The quantitative estimate of drug-likeness (QED) is 0.181. The molecule has 0 saturated carbocycles. The third-order valence-corrected chi connectivity index (χ3v) is 5.03. The summed E-state index contributed by atoms with van der Waals surface area (Å²) in [6.45, 7) is 2.26. The van der Waals surface area contributed by atoms with Crippen molar-refractivity contribution in [2.75, 3.05) is 0 Å². The van der Waals surface area contributed by atoms with Gasteiger partial charge in [0.15, 0.2) is 0 Å². The van der Waals surface area contributed by atoms with E-state index in [9.17, 15) is 0 Å². The molecule has 0 aliphatic carbocycles. The van der Waals surface area contributed by atoms with Crippen molar-refractivity contribution in [3.05, 3.63) is 11.4 Å². The van der Waals surface area contributed by atoms with Gasteiger partial charge in [-0.05, 0) is 12.8 Å². The molecule has 26 heavy (non-hydrogen) atoms. The number of rotatable bonds is 18. The van der Waals surface area contributed by atoms with Gasteiger partial charge in [0.05, 0.1) is 5.57 Å². The number of aliphatic hydroxyl groups is 3. The molecule has 0 aromatic rings. The molecule has 0 rings (SSSR count). The Morgan fingerprint density at radius 3 is 1.15 bits per heavy atom. The second-order valence-corrected chi connectivity index (χ2v) is 7.62. The molecule has 0 atom stereocenters. The second kappa shape index (κ2) is 16.4. The van der Waals surface area contributed by atoms with Gasteiger partial charge in [-0.15, -0.1) is 0 Å². The molecule has 0 aliphatic rings. The van der Waals surface area contributed by atoms with Gasteiger partial charge in [-0.3, -0.25) is 0 Å². The predicted molar refractivity (Wildman–Crippen MR) is 109 cm³/mol. The molecule has 0 radical (unpaired) electrons. The lowest BCUT2D eigenvalue weighted by Gasteiger charge is -2.19. The van der Waals surface area contributed by atoms with Crippen LogP contribution in [-0.4, -0.2) is 21.3 Å². The van der Waals surface area contributed by atoms with Crippen LogP contribution in [0.3, 0.4) is 0 Å². The average molecular weight is 373 g/mol. The van der Waals surface area contributed by atoms with Gasteiger partial charge in [-0.25, -0.2) is 0 Å². The van der Waals surface area contributed by atoms with Crippen LogP contribution in [0.15, 0.2) is 11.4 Å². The zero-order valence-electron chi connectivity index (χ0n) is 17.0. The van der Waals surface area contributed by atoms with Crippen molar-refractivity contribution in [3.8, 4) is 0 Å². The molecule has 0 saturated heterocycles. The van der Waals surface area contributed by atoms with Crippen molar-refractivity contribution in [1.29, 1.82) is 0 Å². The summed E-state index contributed by atoms with van der Waals surface area (Å²) in [6.07, 6.45) is 20.8. The number of hydrogen-bond donors (Lipinski definition) is 5. The monoisotopic (exact) mass is 372 g/mol. The first-order valence-corrected chi connectivity index (χ1v) is 10.8. The highest BCUT2D eigenvalue weighted by Gasteiger charge is 2.26. The van der Waals surface area contributed by atoms with E-state index in [0.29, 0.717) is 6.42 Å². The summed E-state index contributed by atoms with van der Waals surface area (Å²) < 4.78 is 0. The molecule has 7 N–H and O–H groups in total. The van der Waals surface area contributed by atoms with Crippen molar-refractivity contribution in [3.63, 3.8) is 0 Å². The minimum absolute atomic E-state index is 0.0946. The van der Waals surface area contributed by atoms with Crippen LogP contribution in [0.1, 0.15) is 116 Å². The van der Waals surface area contributed by atoms with Crippen LogP contribution in [-0.2, 0) is 0 Å². The summed E-state index contributed by atoms with van der Waals surface area (Å²) in [4.78, 5) is 0. The normalized spacial score (nSPS) is 11.7. The predicted octanol–water partition coefficient (Wildman–Crippen LogP) is 4.40. The lowest BCUT2D eigenvalue weighted by molar-refractivity contribution is -0.284. The minimum atomic E-state index is -2.89. The van der Waals surface area contributed by atoms with Crippen molar-refractivity contribution >= 4 is 0 Å². The zero-order chi connectivity index (χ0) is 19.7. The van der Waals surface area contributed by atoms with E-state index in [1.807, 2.05) is 0 Å². The highest BCUT2D eigenvalue weighted by molar-refractivity contribution is 5.12. The molecular formula is C21H44N2O3. The van der Waals surface area contributed by atoms with Crippen molar-refractivity contribution < 1.29 is 15.3 Å². The molecule has 0 heterocycles. The molecule has 0 bridgehead atoms. The summed E-state index contributed by atoms with van der Waals surface area (Å²) >= 11 is 0. The molecule has 0 aliphatic heterocycles. The van der Waals surface area contributed by atoms with E-state index in [0.717, 1.165) is 19.3 Å². The fourth-order valence-electron chi connectivity index (χ4n) is 3.36. The first-order valence-electron chi connectivity index (χ1n) is 10.8. The van der Waals surface area contributed by atoms with E-state index < -0.39 is 5.97 Å². The summed E-state index contributed by atoms with van der Waals surface area (Å²) in [7, 11) is 0. The maximum absolute atomic E-state index is 9.17. The third kappa shape index (κ3) is 15.5. The number of hydrogen-bond acceptors (Lipinski definition) is 5. The maximum atomic E-state index is 9.17. The molecular weight excluding hydrogens is 328 g/mol. The Balaban J connectivity index is 3.33. The molecule has 0 spiro atoms. The first kappa shape index (κ1) is 25.2. The second-order valence-electron chi connectivity index (χ2n) is 7.62. The van der Waals surface area contributed by atoms with Gasteiger partial charge >= 0.3 is 5.97 Å². The number of unbranched alkanes of at least 4 members (excludes halogenated alkanes) is 15. The van der Waals surface area contributed by atoms with E-state index in [1.165, 1.54) is 83.5 Å². The van der Waals surface area contributed by atoms with Gasteiger partial charge in [-0.2, -0.15) is 0 Å². The van der Waals surface area contributed by atoms with E-state index in [1.54, 1.807) is 0 Å².